The summed E-state index contributed by atoms with van der Waals surface area (Å²) in [5.41, 5.74) is 0. The number of hydrogen-bond donors (Lipinski definition) is 1. The molecule has 0 spiro atoms. The van der Waals surface area contributed by atoms with Gasteiger partial charge >= 0.3 is 5.97 Å². The Labute approximate surface area is 127 Å². The van der Waals surface area contributed by atoms with E-state index in [-0.39, 0.29) is 31.3 Å². The maximum absolute atomic E-state index is 12.9. The average Bonchev–Trinajstić information content (AvgIpc) is 2.51. The number of carboxylic acids is 1. The first-order valence-corrected chi connectivity index (χ1v) is 7.07. The summed E-state index contributed by atoms with van der Waals surface area (Å²) >= 11 is 0. The first-order valence-electron chi connectivity index (χ1n) is 7.07. The Kier molecular flexibility index (Phi) is 5.71. The Morgan fingerprint density at radius 3 is 3.00 bits per heavy atom. The number of halogens is 1. The van der Waals surface area contributed by atoms with Crippen molar-refractivity contribution >= 4 is 11.9 Å². The largest absolute Gasteiger partial charge is 0.493 e. The van der Waals surface area contributed by atoms with Crippen LogP contribution >= 0.6 is 0 Å². The van der Waals surface area contributed by atoms with Crippen molar-refractivity contribution in [3.8, 4) is 5.75 Å². The lowest BCUT2D eigenvalue weighted by atomic mass is 10.2. The van der Waals surface area contributed by atoms with Crippen LogP contribution in [0.25, 0.3) is 0 Å². The number of carboxylic acid groups (broad SMARTS) is 1. The average molecular weight is 311 g/mol. The third kappa shape index (κ3) is 4.70. The number of morpholine rings is 1. The van der Waals surface area contributed by atoms with Crippen LogP contribution in [0.3, 0.4) is 0 Å². The van der Waals surface area contributed by atoms with Gasteiger partial charge in [-0.05, 0) is 18.6 Å². The molecule has 120 valence electrons. The van der Waals surface area contributed by atoms with Crippen molar-refractivity contribution in [3.05, 3.63) is 30.1 Å². The molecule has 1 aliphatic rings. The van der Waals surface area contributed by atoms with E-state index in [0.29, 0.717) is 25.3 Å². The third-order valence-electron chi connectivity index (χ3n) is 3.29. The molecule has 7 heteroatoms. The summed E-state index contributed by atoms with van der Waals surface area (Å²) in [6.07, 6.45) is -0.229. The highest BCUT2D eigenvalue weighted by atomic mass is 19.1. The molecule has 1 saturated heterocycles. The molecule has 1 aromatic carbocycles. The molecular formula is C15H18FNO5. The number of amides is 1. The van der Waals surface area contributed by atoms with Crippen LogP contribution in [0.15, 0.2) is 24.3 Å². The maximum Gasteiger partial charge on any atom is 0.334 e. The standard InChI is InChI=1S/C15H18FNO5/c16-11-3-1-4-12(9-11)21-7-2-5-14(18)17-6-8-22-13(10-17)15(19)20/h1,3-4,9,13H,2,5-8,10H2,(H,19,20)/t13-/m1/s1. The van der Waals surface area contributed by atoms with Crippen LogP contribution in [0.1, 0.15) is 12.8 Å². The molecule has 1 atom stereocenters. The van der Waals surface area contributed by atoms with Gasteiger partial charge in [-0.25, -0.2) is 9.18 Å². The number of hydrogen-bond acceptors (Lipinski definition) is 4. The SMILES string of the molecule is O=C(O)[C@H]1CN(C(=O)CCCOc2cccc(F)c2)CCO1. The van der Waals surface area contributed by atoms with E-state index in [1.165, 1.54) is 17.0 Å². The van der Waals surface area contributed by atoms with Crippen molar-refractivity contribution in [1.29, 1.82) is 0 Å². The molecule has 0 saturated carbocycles. The van der Waals surface area contributed by atoms with E-state index >= 15 is 0 Å². The van der Waals surface area contributed by atoms with Crippen LogP contribution in [-0.2, 0) is 14.3 Å². The fourth-order valence-corrected chi connectivity index (χ4v) is 2.15. The number of ether oxygens (including phenoxy) is 2. The summed E-state index contributed by atoms with van der Waals surface area (Å²) in [7, 11) is 0. The molecular weight excluding hydrogens is 293 g/mol. The number of carbonyl (C=O) groups excluding carboxylic acids is 1. The summed E-state index contributed by atoms with van der Waals surface area (Å²) in [6, 6.07) is 5.80. The van der Waals surface area contributed by atoms with Crippen LogP contribution in [-0.4, -0.2) is 54.3 Å². The zero-order chi connectivity index (χ0) is 15.9. The summed E-state index contributed by atoms with van der Waals surface area (Å²) in [4.78, 5) is 24.3. The van der Waals surface area contributed by atoms with E-state index in [9.17, 15) is 14.0 Å². The zero-order valence-corrected chi connectivity index (χ0v) is 12.0. The predicted octanol–water partition coefficient (Wildman–Crippen LogP) is 1.30. The summed E-state index contributed by atoms with van der Waals surface area (Å²) in [6.45, 7) is 0.983. The number of nitrogens with zero attached hydrogens (tertiary/aromatic N) is 1. The van der Waals surface area contributed by atoms with Crippen molar-refractivity contribution in [3.63, 3.8) is 0 Å². The second-order valence-corrected chi connectivity index (χ2v) is 4.95. The van der Waals surface area contributed by atoms with Gasteiger partial charge in [-0.15, -0.1) is 0 Å². The number of carbonyl (C=O) groups is 2. The molecule has 1 aromatic rings. The number of benzene rings is 1. The molecule has 2 rings (SSSR count). The normalized spacial score (nSPS) is 18.0. The lowest BCUT2D eigenvalue weighted by molar-refractivity contribution is -0.159. The van der Waals surface area contributed by atoms with Gasteiger partial charge in [0.1, 0.15) is 11.6 Å². The predicted molar refractivity (Wildman–Crippen MR) is 75.1 cm³/mol. The van der Waals surface area contributed by atoms with Crippen molar-refractivity contribution in [2.24, 2.45) is 0 Å². The van der Waals surface area contributed by atoms with Crippen molar-refractivity contribution in [2.45, 2.75) is 18.9 Å². The van der Waals surface area contributed by atoms with Crippen molar-refractivity contribution < 1.29 is 28.6 Å². The molecule has 6 nitrogen and oxygen atoms in total. The fraction of sp³-hybridized carbons (Fsp3) is 0.467. The van der Waals surface area contributed by atoms with Crippen LogP contribution in [0, 0.1) is 5.82 Å². The second kappa shape index (κ2) is 7.74. The third-order valence-corrected chi connectivity index (χ3v) is 3.29. The minimum Gasteiger partial charge on any atom is -0.493 e. The molecule has 1 aliphatic heterocycles. The lowest BCUT2D eigenvalue weighted by Crippen LogP contribution is -2.48. The quantitative estimate of drug-likeness (QED) is 0.801. The Morgan fingerprint density at radius 2 is 2.27 bits per heavy atom. The van der Waals surface area contributed by atoms with Gasteiger partial charge in [-0.2, -0.15) is 0 Å². The minimum absolute atomic E-state index is 0.0684. The lowest BCUT2D eigenvalue weighted by Gasteiger charge is -2.30. The highest BCUT2D eigenvalue weighted by Crippen LogP contribution is 2.13. The van der Waals surface area contributed by atoms with E-state index in [2.05, 4.69) is 0 Å². The van der Waals surface area contributed by atoms with Gasteiger partial charge in [0.2, 0.25) is 5.91 Å². The Hall–Kier alpha value is -2.15. The zero-order valence-electron chi connectivity index (χ0n) is 12.0. The van der Waals surface area contributed by atoms with Gasteiger partial charge in [-0.1, -0.05) is 6.07 Å². The molecule has 0 radical (unpaired) electrons. The summed E-state index contributed by atoms with van der Waals surface area (Å²) < 4.78 is 23.4. The highest BCUT2D eigenvalue weighted by Gasteiger charge is 2.28. The van der Waals surface area contributed by atoms with Crippen LogP contribution < -0.4 is 4.74 Å². The summed E-state index contributed by atoms with van der Waals surface area (Å²) in [5.74, 6) is -1.14. The van der Waals surface area contributed by atoms with Gasteiger partial charge in [0, 0.05) is 19.0 Å². The van der Waals surface area contributed by atoms with Gasteiger partial charge in [0.25, 0.3) is 0 Å². The van der Waals surface area contributed by atoms with Crippen LogP contribution in [0.5, 0.6) is 5.75 Å². The first-order chi connectivity index (χ1) is 10.6. The molecule has 1 amide bonds. The molecule has 0 unspecified atom stereocenters. The topological polar surface area (TPSA) is 76.1 Å². The molecule has 0 bridgehead atoms. The maximum atomic E-state index is 12.9. The number of rotatable bonds is 6. The fourth-order valence-electron chi connectivity index (χ4n) is 2.15. The minimum atomic E-state index is -1.06. The molecule has 1 fully saturated rings. The van der Waals surface area contributed by atoms with E-state index < -0.39 is 12.1 Å². The monoisotopic (exact) mass is 311 g/mol. The molecule has 1 N–H and O–H groups in total. The van der Waals surface area contributed by atoms with E-state index in [0.717, 1.165) is 0 Å². The van der Waals surface area contributed by atoms with Gasteiger partial charge in [-0.3, -0.25) is 4.79 Å². The molecule has 0 aromatic heterocycles. The van der Waals surface area contributed by atoms with Crippen LogP contribution in [0.2, 0.25) is 0 Å². The van der Waals surface area contributed by atoms with Gasteiger partial charge < -0.3 is 19.5 Å². The Balaban J connectivity index is 1.70. The van der Waals surface area contributed by atoms with Crippen molar-refractivity contribution in [1.82, 2.24) is 4.90 Å². The Bertz CT molecular complexity index is 536. The van der Waals surface area contributed by atoms with E-state index in [1.54, 1.807) is 12.1 Å². The van der Waals surface area contributed by atoms with Crippen LogP contribution in [0.4, 0.5) is 4.39 Å². The summed E-state index contributed by atoms with van der Waals surface area (Å²) in [5, 5.41) is 8.89. The Morgan fingerprint density at radius 1 is 1.45 bits per heavy atom. The van der Waals surface area contributed by atoms with Crippen molar-refractivity contribution in [2.75, 3.05) is 26.3 Å². The second-order valence-electron chi connectivity index (χ2n) is 4.95. The first kappa shape index (κ1) is 16.2. The number of aliphatic carboxylic acids is 1. The van der Waals surface area contributed by atoms with E-state index in [1.807, 2.05) is 0 Å². The van der Waals surface area contributed by atoms with Gasteiger partial charge in [0.05, 0.1) is 19.8 Å². The van der Waals surface area contributed by atoms with E-state index in [4.69, 9.17) is 14.6 Å². The highest BCUT2D eigenvalue weighted by molar-refractivity contribution is 5.78. The van der Waals surface area contributed by atoms with Gasteiger partial charge in [0.15, 0.2) is 6.10 Å². The smallest absolute Gasteiger partial charge is 0.334 e. The molecule has 0 aliphatic carbocycles. The molecule has 1 heterocycles. The molecule has 22 heavy (non-hydrogen) atoms.